The van der Waals surface area contributed by atoms with Crippen molar-refractivity contribution >= 4 is 15.9 Å². The quantitative estimate of drug-likeness (QED) is 0.774. The highest BCUT2D eigenvalue weighted by atomic mass is 79.9. The molecule has 0 aromatic heterocycles. The van der Waals surface area contributed by atoms with Crippen molar-refractivity contribution in [2.45, 2.75) is 57.9 Å². The molecule has 1 fully saturated rings. The highest BCUT2D eigenvalue weighted by Gasteiger charge is 2.32. The van der Waals surface area contributed by atoms with E-state index in [1.54, 1.807) is 6.07 Å². The minimum atomic E-state index is -0.193. The van der Waals surface area contributed by atoms with Gasteiger partial charge in [-0.15, -0.1) is 0 Å². The molecule has 2 N–H and O–H groups in total. The summed E-state index contributed by atoms with van der Waals surface area (Å²) in [4.78, 5) is 0. The van der Waals surface area contributed by atoms with E-state index < -0.39 is 0 Å². The number of hydrogen-bond acceptors (Lipinski definition) is 1. The van der Waals surface area contributed by atoms with Gasteiger partial charge in [0.25, 0.3) is 0 Å². The van der Waals surface area contributed by atoms with Gasteiger partial charge in [-0.1, -0.05) is 36.2 Å². The van der Waals surface area contributed by atoms with E-state index in [0.717, 1.165) is 35.7 Å². The zero-order chi connectivity index (χ0) is 14.1. The molecule has 19 heavy (non-hydrogen) atoms. The molecule has 0 aliphatic heterocycles. The van der Waals surface area contributed by atoms with Crippen molar-refractivity contribution in [3.8, 4) is 0 Å². The van der Waals surface area contributed by atoms with Crippen molar-refractivity contribution in [3.05, 3.63) is 34.1 Å². The maximum atomic E-state index is 13.4. The van der Waals surface area contributed by atoms with Crippen molar-refractivity contribution in [3.63, 3.8) is 0 Å². The fraction of sp³-hybridized carbons (Fsp3) is 0.625. The first-order valence-corrected chi connectivity index (χ1v) is 7.81. The van der Waals surface area contributed by atoms with Gasteiger partial charge in [-0.2, -0.15) is 0 Å². The van der Waals surface area contributed by atoms with Crippen molar-refractivity contribution in [2.24, 2.45) is 11.1 Å². The predicted octanol–water partition coefficient (Wildman–Crippen LogP) is 4.82. The molecule has 1 aliphatic rings. The van der Waals surface area contributed by atoms with Gasteiger partial charge in [0.2, 0.25) is 0 Å². The Morgan fingerprint density at radius 1 is 1.16 bits per heavy atom. The van der Waals surface area contributed by atoms with E-state index in [0.29, 0.717) is 5.41 Å². The molecule has 106 valence electrons. The highest BCUT2D eigenvalue weighted by molar-refractivity contribution is 9.10. The summed E-state index contributed by atoms with van der Waals surface area (Å²) < 4.78 is 14.2. The van der Waals surface area contributed by atoms with E-state index >= 15 is 0 Å². The van der Waals surface area contributed by atoms with Gasteiger partial charge in [0.1, 0.15) is 5.82 Å². The van der Waals surface area contributed by atoms with Crippen molar-refractivity contribution in [1.82, 2.24) is 0 Å². The smallest absolute Gasteiger partial charge is 0.124 e. The second-order valence-corrected chi connectivity index (χ2v) is 7.75. The van der Waals surface area contributed by atoms with E-state index in [1.807, 2.05) is 6.07 Å². The molecule has 1 aliphatic carbocycles. The van der Waals surface area contributed by atoms with Gasteiger partial charge in [0.15, 0.2) is 0 Å². The zero-order valence-corrected chi connectivity index (χ0v) is 13.4. The molecule has 1 unspecified atom stereocenters. The molecular formula is C16H23BrFN. The molecule has 1 aromatic rings. The lowest BCUT2D eigenvalue weighted by Crippen LogP contribution is -2.41. The second-order valence-electron chi connectivity index (χ2n) is 6.83. The molecule has 0 spiro atoms. The third-order valence-corrected chi connectivity index (χ3v) is 4.76. The molecule has 2 rings (SSSR count). The van der Waals surface area contributed by atoms with Gasteiger partial charge in [-0.05, 0) is 61.3 Å². The maximum absolute atomic E-state index is 13.4. The van der Waals surface area contributed by atoms with Crippen LogP contribution in [0.5, 0.6) is 0 Å². The number of halogens is 2. The summed E-state index contributed by atoms with van der Waals surface area (Å²) in [5.74, 6) is -0.193. The molecule has 1 nitrogen and oxygen atoms in total. The van der Waals surface area contributed by atoms with Crippen LogP contribution in [0.1, 0.15) is 51.5 Å². The van der Waals surface area contributed by atoms with Crippen LogP contribution >= 0.6 is 15.9 Å². The summed E-state index contributed by atoms with van der Waals surface area (Å²) >= 11 is 3.35. The van der Waals surface area contributed by atoms with E-state index in [9.17, 15) is 4.39 Å². The lowest BCUT2D eigenvalue weighted by atomic mass is 9.81. The Balaban J connectivity index is 2.12. The van der Waals surface area contributed by atoms with Gasteiger partial charge in [0.05, 0.1) is 0 Å². The summed E-state index contributed by atoms with van der Waals surface area (Å²) in [5.41, 5.74) is 7.78. The van der Waals surface area contributed by atoms with Crippen LogP contribution in [0.4, 0.5) is 4.39 Å². The molecule has 3 heteroatoms. The maximum Gasteiger partial charge on any atom is 0.124 e. The average Bonchev–Trinajstić information content (AvgIpc) is 2.37. The van der Waals surface area contributed by atoms with E-state index in [-0.39, 0.29) is 11.4 Å². The lowest BCUT2D eigenvalue weighted by Gasteiger charge is -2.29. The summed E-state index contributed by atoms with van der Waals surface area (Å²) in [7, 11) is 0. The summed E-state index contributed by atoms with van der Waals surface area (Å²) in [5, 5.41) is 0. The third-order valence-electron chi connectivity index (χ3n) is 4.31. The Bertz CT molecular complexity index is 438. The van der Waals surface area contributed by atoms with Gasteiger partial charge >= 0.3 is 0 Å². The summed E-state index contributed by atoms with van der Waals surface area (Å²) in [6.45, 7) is 4.63. The molecule has 1 aromatic carbocycles. The van der Waals surface area contributed by atoms with Crippen LogP contribution in [0.3, 0.4) is 0 Å². The first-order valence-electron chi connectivity index (χ1n) is 7.02. The Labute approximate surface area is 123 Å². The molecule has 0 amide bonds. The van der Waals surface area contributed by atoms with Crippen LogP contribution in [-0.2, 0) is 6.42 Å². The normalized spacial score (nSPS) is 27.0. The molecule has 0 bridgehead atoms. The van der Waals surface area contributed by atoms with E-state index in [2.05, 4.69) is 29.8 Å². The highest BCUT2D eigenvalue weighted by Crippen LogP contribution is 2.38. The Morgan fingerprint density at radius 2 is 1.89 bits per heavy atom. The topological polar surface area (TPSA) is 26.0 Å². The monoisotopic (exact) mass is 327 g/mol. The van der Waals surface area contributed by atoms with Crippen molar-refractivity contribution < 1.29 is 4.39 Å². The largest absolute Gasteiger partial charge is 0.325 e. The Kier molecular flexibility index (Phi) is 4.36. The van der Waals surface area contributed by atoms with Crippen molar-refractivity contribution in [1.29, 1.82) is 0 Å². The molecule has 0 heterocycles. The number of rotatable bonds is 2. The molecule has 0 radical (unpaired) electrons. The number of benzene rings is 1. The standard InChI is InChI=1S/C16H23BrFN/c1-15(2)4-3-5-16(19,7-6-15)11-12-8-13(17)10-14(18)9-12/h8-10H,3-7,11,19H2,1-2H3. The Hall–Kier alpha value is -0.410. The summed E-state index contributed by atoms with van der Waals surface area (Å²) in [6, 6.07) is 5.08. The van der Waals surface area contributed by atoms with E-state index in [4.69, 9.17) is 5.73 Å². The first kappa shape index (κ1) is 15.0. The minimum Gasteiger partial charge on any atom is -0.325 e. The zero-order valence-electron chi connectivity index (χ0n) is 11.8. The van der Waals surface area contributed by atoms with Gasteiger partial charge in [0, 0.05) is 10.0 Å². The van der Waals surface area contributed by atoms with Crippen LogP contribution in [0.15, 0.2) is 22.7 Å². The van der Waals surface area contributed by atoms with Crippen LogP contribution in [0, 0.1) is 11.2 Å². The molecule has 1 atom stereocenters. The van der Waals surface area contributed by atoms with Crippen LogP contribution in [-0.4, -0.2) is 5.54 Å². The average molecular weight is 328 g/mol. The molecule has 1 saturated carbocycles. The van der Waals surface area contributed by atoms with Crippen LogP contribution in [0.2, 0.25) is 0 Å². The van der Waals surface area contributed by atoms with E-state index in [1.165, 1.54) is 18.9 Å². The first-order chi connectivity index (χ1) is 8.78. The fourth-order valence-electron chi connectivity index (χ4n) is 3.05. The minimum absolute atomic E-state index is 0.180. The van der Waals surface area contributed by atoms with Gasteiger partial charge in [-0.3, -0.25) is 0 Å². The third kappa shape index (κ3) is 4.28. The van der Waals surface area contributed by atoms with Gasteiger partial charge in [-0.25, -0.2) is 4.39 Å². The lowest BCUT2D eigenvalue weighted by molar-refractivity contribution is 0.297. The summed E-state index contributed by atoms with van der Waals surface area (Å²) in [6.07, 6.45) is 6.37. The predicted molar refractivity (Wildman–Crippen MR) is 81.6 cm³/mol. The fourth-order valence-corrected chi connectivity index (χ4v) is 3.57. The number of hydrogen-bond donors (Lipinski definition) is 1. The molecule has 0 saturated heterocycles. The Morgan fingerprint density at radius 3 is 2.58 bits per heavy atom. The van der Waals surface area contributed by atoms with Crippen LogP contribution < -0.4 is 5.73 Å². The SMILES string of the molecule is CC1(C)CCCC(N)(Cc2cc(F)cc(Br)c2)CC1. The second kappa shape index (κ2) is 5.53. The van der Waals surface area contributed by atoms with Crippen LogP contribution in [0.25, 0.3) is 0 Å². The molecular weight excluding hydrogens is 305 g/mol. The van der Waals surface area contributed by atoms with Crippen molar-refractivity contribution in [2.75, 3.05) is 0 Å². The number of nitrogens with two attached hydrogens (primary N) is 1. The van der Waals surface area contributed by atoms with Gasteiger partial charge < -0.3 is 5.73 Å².